The van der Waals surface area contributed by atoms with Gasteiger partial charge < -0.3 is 20.1 Å². The summed E-state index contributed by atoms with van der Waals surface area (Å²) in [6.45, 7) is 0.949. The van der Waals surface area contributed by atoms with Crippen LogP contribution in [0.1, 0.15) is 25.7 Å². The summed E-state index contributed by atoms with van der Waals surface area (Å²) in [6, 6.07) is 3.73. The van der Waals surface area contributed by atoms with Crippen molar-refractivity contribution >= 4 is 23.3 Å². The lowest BCUT2D eigenvalue weighted by molar-refractivity contribution is -0.139. The number of amides is 2. The Kier molecular flexibility index (Phi) is 4.50. The first-order valence-electron chi connectivity index (χ1n) is 9.03. The molecule has 8 nitrogen and oxygen atoms in total. The van der Waals surface area contributed by atoms with Crippen LogP contribution < -0.4 is 10.6 Å². The van der Waals surface area contributed by atoms with Crippen LogP contribution in [0.3, 0.4) is 0 Å². The van der Waals surface area contributed by atoms with Crippen LogP contribution in [0.4, 0.5) is 10.5 Å². The third-order valence-corrected chi connectivity index (χ3v) is 5.15. The van der Waals surface area contributed by atoms with Crippen LogP contribution >= 0.6 is 0 Å². The number of imidazole rings is 1. The Labute approximate surface area is 151 Å². The number of rotatable bonds is 7. The van der Waals surface area contributed by atoms with Crippen molar-refractivity contribution in [3.8, 4) is 0 Å². The monoisotopic (exact) mass is 357 g/mol. The van der Waals surface area contributed by atoms with E-state index in [1.165, 1.54) is 12.8 Å². The highest BCUT2D eigenvalue weighted by molar-refractivity contribution is 5.90. The van der Waals surface area contributed by atoms with Gasteiger partial charge in [-0.05, 0) is 37.7 Å². The number of nitrogens with zero attached hydrogens (tertiary/aromatic N) is 3. The number of carbonyl (C=O) groups is 2. The van der Waals surface area contributed by atoms with Gasteiger partial charge in [-0.25, -0.2) is 9.78 Å². The Morgan fingerprint density at radius 3 is 2.85 bits per heavy atom. The smallest absolute Gasteiger partial charge is 0.319 e. The fraction of sp³-hybridized carbons (Fsp3) is 0.500. The molecule has 2 aliphatic rings. The van der Waals surface area contributed by atoms with Crippen molar-refractivity contribution in [3.05, 3.63) is 30.7 Å². The number of urea groups is 1. The average Bonchev–Trinajstić information content (AvgIpc) is 3.23. The van der Waals surface area contributed by atoms with Crippen molar-refractivity contribution < 1.29 is 14.7 Å². The Hall–Kier alpha value is -2.61. The molecule has 0 aliphatic heterocycles. The Morgan fingerprint density at radius 2 is 2.12 bits per heavy atom. The molecule has 0 unspecified atom stereocenters. The normalized spacial score (nSPS) is 22.2. The first-order chi connectivity index (χ1) is 12.6. The van der Waals surface area contributed by atoms with Crippen LogP contribution in [-0.4, -0.2) is 56.6 Å². The Bertz CT molecular complexity index is 810. The number of fused-ring (bicyclic) bond motifs is 1. The third kappa shape index (κ3) is 3.96. The number of hydrogen-bond acceptors (Lipinski definition) is 4. The Balaban J connectivity index is 1.25. The fourth-order valence-corrected chi connectivity index (χ4v) is 3.49. The molecule has 138 valence electrons. The van der Waals surface area contributed by atoms with Gasteiger partial charge in [-0.1, -0.05) is 0 Å². The van der Waals surface area contributed by atoms with E-state index in [2.05, 4.69) is 20.5 Å². The summed E-state index contributed by atoms with van der Waals surface area (Å²) in [6.07, 6.45) is 9.40. The minimum absolute atomic E-state index is 0.0877. The molecule has 0 radical (unpaired) electrons. The van der Waals surface area contributed by atoms with Crippen molar-refractivity contribution in [3.63, 3.8) is 0 Å². The molecule has 26 heavy (non-hydrogen) atoms. The maximum absolute atomic E-state index is 12.2. The van der Waals surface area contributed by atoms with Gasteiger partial charge in [0, 0.05) is 49.0 Å². The molecule has 2 aromatic rings. The number of pyridine rings is 1. The van der Waals surface area contributed by atoms with Gasteiger partial charge in [0.05, 0.1) is 6.54 Å². The first-order valence-corrected chi connectivity index (χ1v) is 9.03. The van der Waals surface area contributed by atoms with Crippen LogP contribution in [0.2, 0.25) is 0 Å². The van der Waals surface area contributed by atoms with Gasteiger partial charge in [0.25, 0.3) is 0 Å². The number of carbonyl (C=O) groups excluding carboxylic acids is 1. The van der Waals surface area contributed by atoms with Gasteiger partial charge in [0.15, 0.2) is 0 Å². The maximum Gasteiger partial charge on any atom is 0.319 e. The fourth-order valence-electron chi connectivity index (χ4n) is 3.49. The van der Waals surface area contributed by atoms with Crippen molar-refractivity contribution in [1.29, 1.82) is 0 Å². The summed E-state index contributed by atoms with van der Waals surface area (Å²) in [5.74, 6) is -0.128. The van der Waals surface area contributed by atoms with E-state index in [1.807, 2.05) is 28.9 Å². The molecule has 0 saturated heterocycles. The van der Waals surface area contributed by atoms with Gasteiger partial charge >= 0.3 is 12.0 Å². The lowest BCUT2D eigenvalue weighted by Crippen LogP contribution is -2.55. The van der Waals surface area contributed by atoms with E-state index >= 15 is 0 Å². The highest BCUT2D eigenvalue weighted by Gasteiger charge is 2.37. The van der Waals surface area contributed by atoms with Crippen LogP contribution in [0, 0.1) is 5.92 Å². The second-order valence-electron chi connectivity index (χ2n) is 7.30. The van der Waals surface area contributed by atoms with Crippen molar-refractivity contribution in [2.75, 3.05) is 18.4 Å². The minimum atomic E-state index is -0.783. The van der Waals surface area contributed by atoms with E-state index < -0.39 is 5.97 Å². The van der Waals surface area contributed by atoms with Crippen LogP contribution in [0.15, 0.2) is 30.7 Å². The number of nitrogens with one attached hydrogen (secondary N) is 2. The quantitative estimate of drug-likeness (QED) is 0.702. The van der Waals surface area contributed by atoms with Crippen molar-refractivity contribution in [1.82, 2.24) is 19.6 Å². The molecule has 3 N–H and O–H groups in total. The second-order valence-corrected chi connectivity index (χ2v) is 7.30. The number of anilines is 1. The summed E-state index contributed by atoms with van der Waals surface area (Å²) in [4.78, 5) is 29.5. The zero-order valence-electron chi connectivity index (χ0n) is 14.5. The molecule has 2 aromatic heterocycles. The number of carboxylic acids is 1. The molecular weight excluding hydrogens is 334 g/mol. The molecule has 0 bridgehead atoms. The van der Waals surface area contributed by atoms with E-state index in [0.717, 1.165) is 25.0 Å². The predicted octanol–water partition coefficient (Wildman–Crippen LogP) is 1.78. The van der Waals surface area contributed by atoms with E-state index in [4.69, 9.17) is 5.11 Å². The average molecular weight is 357 g/mol. The summed E-state index contributed by atoms with van der Waals surface area (Å²) in [5.41, 5.74) is 1.47. The lowest BCUT2D eigenvalue weighted by Gasteiger charge is -2.42. The third-order valence-electron chi connectivity index (χ3n) is 5.15. The summed E-state index contributed by atoms with van der Waals surface area (Å²) in [7, 11) is 0. The van der Waals surface area contributed by atoms with E-state index in [9.17, 15) is 9.59 Å². The van der Waals surface area contributed by atoms with Gasteiger partial charge in [-0.15, -0.1) is 0 Å². The second kappa shape index (κ2) is 6.95. The number of carboxylic acid groups (broad SMARTS) is 1. The Morgan fingerprint density at radius 1 is 1.31 bits per heavy atom. The van der Waals surface area contributed by atoms with E-state index in [1.54, 1.807) is 6.20 Å². The molecule has 4 rings (SSSR count). The van der Waals surface area contributed by atoms with E-state index in [0.29, 0.717) is 11.6 Å². The van der Waals surface area contributed by atoms with Gasteiger partial charge in [-0.3, -0.25) is 9.69 Å². The molecule has 0 aromatic carbocycles. The molecule has 0 atom stereocenters. The van der Waals surface area contributed by atoms with E-state index in [-0.39, 0.29) is 24.7 Å². The van der Waals surface area contributed by atoms with Gasteiger partial charge in [-0.2, -0.15) is 0 Å². The van der Waals surface area contributed by atoms with Gasteiger partial charge in [0.1, 0.15) is 5.65 Å². The number of aliphatic carboxylic acids is 1. The topological polar surface area (TPSA) is 99.0 Å². The van der Waals surface area contributed by atoms with Gasteiger partial charge in [0.2, 0.25) is 0 Å². The number of aromatic nitrogens is 2. The number of hydrogen-bond donors (Lipinski definition) is 3. The van der Waals surface area contributed by atoms with Crippen molar-refractivity contribution in [2.45, 2.75) is 37.8 Å². The zero-order valence-corrected chi connectivity index (χ0v) is 14.5. The molecule has 2 aliphatic carbocycles. The van der Waals surface area contributed by atoms with Crippen molar-refractivity contribution in [2.24, 2.45) is 5.92 Å². The minimum Gasteiger partial charge on any atom is -0.480 e. The molecule has 2 fully saturated rings. The van der Waals surface area contributed by atoms with Crippen LogP contribution in [0.5, 0.6) is 0 Å². The summed E-state index contributed by atoms with van der Waals surface area (Å²) in [5, 5.41) is 14.9. The molecule has 0 spiro atoms. The molecule has 8 heteroatoms. The summed E-state index contributed by atoms with van der Waals surface area (Å²) < 4.78 is 1.87. The first kappa shape index (κ1) is 16.8. The molecule has 2 amide bonds. The maximum atomic E-state index is 12.2. The zero-order chi connectivity index (χ0) is 18.1. The SMILES string of the molecule is O=C(O)CN(CC1CC1)C1CC(NC(=O)Nc2ccn3ccnc3c2)C1. The summed E-state index contributed by atoms with van der Waals surface area (Å²) >= 11 is 0. The molecule has 2 heterocycles. The highest BCUT2D eigenvalue weighted by atomic mass is 16.4. The standard InChI is InChI=1S/C18H23N5O3/c24-17(25)11-23(10-12-1-2-12)15-7-14(8-15)21-18(26)20-13-3-5-22-6-4-19-16(22)9-13/h3-6,9,12,14-15H,1-2,7-8,10-11H2,(H,24,25)(H2,20,21,26). The molecule has 2 saturated carbocycles. The largest absolute Gasteiger partial charge is 0.480 e. The van der Waals surface area contributed by atoms with Crippen LogP contribution in [0.25, 0.3) is 5.65 Å². The highest BCUT2D eigenvalue weighted by Crippen LogP contribution is 2.33. The van der Waals surface area contributed by atoms with Crippen LogP contribution in [-0.2, 0) is 4.79 Å². The predicted molar refractivity (Wildman–Crippen MR) is 96.1 cm³/mol. The lowest BCUT2D eigenvalue weighted by atomic mass is 9.85. The molecular formula is C18H23N5O3.